The Bertz CT molecular complexity index is 827. The third-order valence-corrected chi connectivity index (χ3v) is 5.25. The highest BCUT2D eigenvalue weighted by Gasteiger charge is 2.26. The number of nitrogens with zero attached hydrogens (tertiary/aromatic N) is 3. The van der Waals surface area contributed by atoms with Gasteiger partial charge in [0.2, 0.25) is 5.95 Å². The fourth-order valence-electron chi connectivity index (χ4n) is 3.10. The van der Waals surface area contributed by atoms with E-state index in [0.29, 0.717) is 45.3 Å². The Hall–Kier alpha value is -1.89. The van der Waals surface area contributed by atoms with Crippen molar-refractivity contribution < 1.29 is 4.79 Å². The van der Waals surface area contributed by atoms with E-state index in [2.05, 4.69) is 9.97 Å². The van der Waals surface area contributed by atoms with Crippen molar-refractivity contribution in [3.63, 3.8) is 0 Å². The van der Waals surface area contributed by atoms with E-state index in [4.69, 9.17) is 34.7 Å². The first-order chi connectivity index (χ1) is 11.9. The quantitative estimate of drug-likeness (QED) is 0.850. The van der Waals surface area contributed by atoms with Crippen LogP contribution >= 0.6 is 23.2 Å². The van der Waals surface area contributed by atoms with E-state index in [1.807, 2.05) is 4.90 Å². The van der Waals surface area contributed by atoms with Gasteiger partial charge in [-0.3, -0.25) is 4.79 Å². The number of hydrogen-bond donors (Lipinski definition) is 2. The maximum Gasteiger partial charge on any atom is 0.268 e. The number of primary amides is 1. The molecule has 1 saturated heterocycles. The maximum absolute atomic E-state index is 12.0. The fraction of sp³-hybridized carbons (Fsp3) is 0.353. The van der Waals surface area contributed by atoms with E-state index in [9.17, 15) is 4.79 Å². The lowest BCUT2D eigenvalue weighted by molar-refractivity contribution is 0.0996. The van der Waals surface area contributed by atoms with Crippen molar-refractivity contribution in [3.8, 4) is 11.1 Å². The lowest BCUT2D eigenvalue weighted by Gasteiger charge is -2.19. The van der Waals surface area contributed by atoms with Crippen LogP contribution in [0.1, 0.15) is 22.6 Å². The molecule has 1 fully saturated rings. The number of rotatable bonds is 4. The molecule has 8 heteroatoms. The van der Waals surface area contributed by atoms with Crippen molar-refractivity contribution in [1.29, 1.82) is 0 Å². The number of benzene rings is 1. The van der Waals surface area contributed by atoms with Crippen molar-refractivity contribution in [1.82, 2.24) is 9.97 Å². The van der Waals surface area contributed by atoms with E-state index in [0.717, 1.165) is 19.5 Å². The Balaban J connectivity index is 2.11. The zero-order chi connectivity index (χ0) is 18.1. The molecule has 25 heavy (non-hydrogen) atoms. The van der Waals surface area contributed by atoms with Crippen molar-refractivity contribution in [2.45, 2.75) is 13.3 Å². The summed E-state index contributed by atoms with van der Waals surface area (Å²) in [6.45, 7) is 4.00. The summed E-state index contributed by atoms with van der Waals surface area (Å²) in [6.07, 6.45) is 0.979. The molecular formula is C17H19Cl2N5O. The normalized spacial score (nSPS) is 17.1. The van der Waals surface area contributed by atoms with Gasteiger partial charge in [0.1, 0.15) is 5.69 Å². The Labute approximate surface area is 156 Å². The van der Waals surface area contributed by atoms with E-state index < -0.39 is 5.91 Å². The van der Waals surface area contributed by atoms with Crippen LogP contribution in [0, 0.1) is 12.8 Å². The number of nitrogens with two attached hydrogens (primary N) is 2. The Morgan fingerprint density at radius 3 is 2.76 bits per heavy atom. The smallest absolute Gasteiger partial charge is 0.268 e. The molecule has 1 aromatic heterocycles. The zero-order valence-corrected chi connectivity index (χ0v) is 15.3. The molecule has 1 aliphatic rings. The molecule has 0 radical (unpaired) electrons. The van der Waals surface area contributed by atoms with Crippen molar-refractivity contribution in [2.24, 2.45) is 17.4 Å². The predicted octanol–water partition coefficient (Wildman–Crippen LogP) is 2.64. The van der Waals surface area contributed by atoms with Crippen LogP contribution in [0.2, 0.25) is 10.0 Å². The van der Waals surface area contributed by atoms with Crippen LogP contribution in [0.25, 0.3) is 11.1 Å². The minimum Gasteiger partial charge on any atom is -0.364 e. The summed E-state index contributed by atoms with van der Waals surface area (Å²) in [5, 5.41) is 0.735. The van der Waals surface area contributed by atoms with Gasteiger partial charge in [0.05, 0.1) is 15.7 Å². The third-order valence-electron chi connectivity index (χ3n) is 4.43. The summed E-state index contributed by atoms with van der Waals surface area (Å²) in [6, 6.07) is 5.21. The zero-order valence-electron chi connectivity index (χ0n) is 13.8. The Kier molecular flexibility index (Phi) is 5.13. The van der Waals surface area contributed by atoms with Crippen LogP contribution in [0.15, 0.2) is 18.2 Å². The minimum absolute atomic E-state index is 0.142. The summed E-state index contributed by atoms with van der Waals surface area (Å²) >= 11 is 12.4. The van der Waals surface area contributed by atoms with E-state index in [1.54, 1.807) is 25.1 Å². The van der Waals surface area contributed by atoms with Gasteiger partial charge >= 0.3 is 0 Å². The molecule has 1 aliphatic heterocycles. The summed E-state index contributed by atoms with van der Waals surface area (Å²) < 4.78 is 0. The second kappa shape index (κ2) is 7.15. The number of aryl methyl sites for hydroxylation is 1. The number of anilines is 1. The minimum atomic E-state index is -0.632. The largest absolute Gasteiger partial charge is 0.364 e. The molecule has 2 heterocycles. The molecule has 1 aromatic carbocycles. The molecular weight excluding hydrogens is 361 g/mol. The Morgan fingerprint density at radius 2 is 2.12 bits per heavy atom. The highest BCUT2D eigenvalue weighted by Crippen LogP contribution is 2.37. The van der Waals surface area contributed by atoms with Crippen molar-refractivity contribution in [3.05, 3.63) is 39.6 Å². The van der Waals surface area contributed by atoms with Crippen LogP contribution in [0.3, 0.4) is 0 Å². The number of hydrogen-bond acceptors (Lipinski definition) is 5. The number of carbonyl (C=O) groups is 1. The van der Waals surface area contributed by atoms with E-state index >= 15 is 0 Å². The van der Waals surface area contributed by atoms with Gasteiger partial charge in [0.15, 0.2) is 0 Å². The van der Waals surface area contributed by atoms with Crippen LogP contribution in [-0.2, 0) is 0 Å². The van der Waals surface area contributed by atoms with Gasteiger partial charge in [-0.2, -0.15) is 0 Å². The molecule has 4 N–H and O–H groups in total. The molecule has 6 nitrogen and oxygen atoms in total. The van der Waals surface area contributed by atoms with Crippen LogP contribution in [0.4, 0.5) is 5.95 Å². The molecule has 132 valence electrons. The first-order valence-electron chi connectivity index (χ1n) is 8.00. The second-order valence-corrected chi connectivity index (χ2v) is 6.92. The average molecular weight is 380 g/mol. The van der Waals surface area contributed by atoms with Gasteiger partial charge in [-0.05, 0) is 31.9 Å². The summed E-state index contributed by atoms with van der Waals surface area (Å²) in [5.74, 6) is 0.263. The first kappa shape index (κ1) is 17.9. The van der Waals surface area contributed by atoms with E-state index in [-0.39, 0.29) is 5.69 Å². The van der Waals surface area contributed by atoms with Crippen LogP contribution < -0.4 is 16.4 Å². The summed E-state index contributed by atoms with van der Waals surface area (Å²) in [5.41, 5.74) is 13.2. The number of halogens is 2. The molecule has 1 amide bonds. The Morgan fingerprint density at radius 1 is 1.36 bits per heavy atom. The van der Waals surface area contributed by atoms with Gasteiger partial charge < -0.3 is 16.4 Å². The molecule has 0 saturated carbocycles. The molecule has 3 rings (SSSR count). The highest BCUT2D eigenvalue weighted by atomic mass is 35.5. The number of carbonyl (C=O) groups excluding carboxylic acids is 1. The van der Waals surface area contributed by atoms with Gasteiger partial charge in [-0.15, -0.1) is 0 Å². The summed E-state index contributed by atoms with van der Waals surface area (Å²) in [7, 11) is 0. The predicted molar refractivity (Wildman–Crippen MR) is 100 cm³/mol. The van der Waals surface area contributed by atoms with Gasteiger partial charge in [0.25, 0.3) is 5.91 Å². The molecule has 0 unspecified atom stereocenters. The third kappa shape index (κ3) is 3.42. The second-order valence-electron chi connectivity index (χ2n) is 6.13. The molecule has 0 bridgehead atoms. The van der Waals surface area contributed by atoms with Crippen molar-refractivity contribution >= 4 is 35.1 Å². The maximum atomic E-state index is 12.0. The molecule has 2 aromatic rings. The van der Waals surface area contributed by atoms with Gasteiger partial charge in [-0.25, -0.2) is 9.97 Å². The lowest BCUT2D eigenvalue weighted by atomic mass is 10.0. The number of amides is 1. The fourth-order valence-corrected chi connectivity index (χ4v) is 3.50. The SMILES string of the molecule is Cc1nc(N2CC[C@H](CN)C2)nc(C(N)=O)c1-c1cccc(Cl)c1Cl. The average Bonchev–Trinajstić information content (AvgIpc) is 3.06. The van der Waals surface area contributed by atoms with Gasteiger partial charge in [0, 0.05) is 24.2 Å². The van der Waals surface area contributed by atoms with Crippen LogP contribution in [0.5, 0.6) is 0 Å². The van der Waals surface area contributed by atoms with Gasteiger partial charge in [-0.1, -0.05) is 35.3 Å². The highest BCUT2D eigenvalue weighted by molar-refractivity contribution is 6.43. The lowest BCUT2D eigenvalue weighted by Crippen LogP contribution is -2.26. The molecule has 0 spiro atoms. The molecule has 1 atom stereocenters. The molecule has 0 aliphatic carbocycles. The summed E-state index contributed by atoms with van der Waals surface area (Å²) in [4.78, 5) is 23.1. The van der Waals surface area contributed by atoms with Crippen molar-refractivity contribution in [2.75, 3.05) is 24.5 Å². The monoisotopic (exact) mass is 379 g/mol. The number of aromatic nitrogens is 2. The first-order valence-corrected chi connectivity index (χ1v) is 8.75. The topological polar surface area (TPSA) is 98.1 Å². The standard InChI is InChI=1S/C17H19Cl2N5O/c1-9-13(11-3-2-4-12(18)14(11)19)15(16(21)25)23-17(22-9)24-6-5-10(7-20)8-24/h2-4,10H,5-8,20H2,1H3,(H2,21,25)/t10-/m1/s1. The van der Waals surface area contributed by atoms with Crippen LogP contribution in [-0.4, -0.2) is 35.5 Å². The van der Waals surface area contributed by atoms with E-state index in [1.165, 1.54) is 0 Å².